The van der Waals surface area contributed by atoms with Gasteiger partial charge in [0.25, 0.3) is 11.2 Å². The number of hydrogen-bond acceptors (Lipinski definition) is 4. The van der Waals surface area contributed by atoms with Crippen LogP contribution in [0.25, 0.3) is 5.69 Å². The minimum Gasteiger partial charge on any atom is -0.295 e. The average molecular weight is 405 g/mol. The smallest absolute Gasteiger partial charge is 0.280 e. The molecule has 7 nitrogen and oxygen atoms in total. The van der Waals surface area contributed by atoms with E-state index in [2.05, 4.69) is 10.1 Å². The molecule has 138 valence electrons. The van der Waals surface area contributed by atoms with Crippen molar-refractivity contribution in [2.45, 2.75) is 13.8 Å². The minimum atomic E-state index is -0.497. The Morgan fingerprint density at radius 1 is 1.19 bits per heavy atom. The normalized spacial score (nSPS) is 11.6. The Morgan fingerprint density at radius 2 is 1.85 bits per heavy atom. The van der Waals surface area contributed by atoms with E-state index in [1.807, 2.05) is 0 Å². The van der Waals surface area contributed by atoms with Gasteiger partial charge in [-0.1, -0.05) is 23.2 Å². The molecule has 27 heavy (non-hydrogen) atoms. The van der Waals surface area contributed by atoms with Gasteiger partial charge in [-0.05, 0) is 44.2 Å². The molecule has 1 heterocycles. The standard InChI is InChI=1S/C18H14Cl2N4O3/c1-10(21-16-9-12(19)3-8-15(16)20)17-11(2)22-23(18(17)25)13-4-6-14(7-5-13)24(26)27/h3-9,22H,1-2H3. The molecule has 0 aliphatic carbocycles. The van der Waals surface area contributed by atoms with Crippen LogP contribution < -0.4 is 5.56 Å². The molecule has 0 spiro atoms. The van der Waals surface area contributed by atoms with Gasteiger partial charge in [-0.25, -0.2) is 4.68 Å². The van der Waals surface area contributed by atoms with Crippen molar-refractivity contribution < 1.29 is 4.92 Å². The molecule has 0 saturated carbocycles. The summed E-state index contributed by atoms with van der Waals surface area (Å²) in [7, 11) is 0. The highest BCUT2D eigenvalue weighted by molar-refractivity contribution is 6.35. The summed E-state index contributed by atoms with van der Waals surface area (Å²) >= 11 is 12.1. The lowest BCUT2D eigenvalue weighted by atomic mass is 10.1. The molecule has 1 aromatic heterocycles. The lowest BCUT2D eigenvalue weighted by Crippen LogP contribution is -2.19. The molecule has 3 aromatic rings. The van der Waals surface area contributed by atoms with Crippen LogP contribution in [0.3, 0.4) is 0 Å². The monoisotopic (exact) mass is 404 g/mol. The van der Waals surface area contributed by atoms with E-state index in [9.17, 15) is 14.9 Å². The molecule has 0 unspecified atom stereocenters. The first-order chi connectivity index (χ1) is 12.8. The Balaban J connectivity index is 2.05. The first-order valence-electron chi connectivity index (χ1n) is 7.85. The molecule has 0 saturated heterocycles. The predicted molar refractivity (Wildman–Crippen MR) is 106 cm³/mol. The number of nitro groups is 1. The highest BCUT2D eigenvalue weighted by Gasteiger charge is 2.16. The van der Waals surface area contributed by atoms with Crippen molar-refractivity contribution in [1.82, 2.24) is 9.78 Å². The number of aryl methyl sites for hydroxylation is 1. The van der Waals surface area contributed by atoms with Gasteiger partial charge in [0.1, 0.15) is 0 Å². The fourth-order valence-electron chi connectivity index (χ4n) is 2.69. The Bertz CT molecular complexity index is 1110. The van der Waals surface area contributed by atoms with Gasteiger partial charge >= 0.3 is 0 Å². The number of rotatable bonds is 4. The third-order valence-corrected chi connectivity index (χ3v) is 4.50. The van der Waals surface area contributed by atoms with Crippen LogP contribution in [0, 0.1) is 17.0 Å². The zero-order valence-corrected chi connectivity index (χ0v) is 15.9. The number of aromatic nitrogens is 2. The van der Waals surface area contributed by atoms with Crippen LogP contribution in [0.5, 0.6) is 0 Å². The summed E-state index contributed by atoms with van der Waals surface area (Å²) in [5.41, 5.74) is 2.04. The van der Waals surface area contributed by atoms with Crippen LogP contribution in [0.1, 0.15) is 18.2 Å². The molecule has 1 N–H and O–H groups in total. The first kappa shape index (κ1) is 18.9. The molecule has 0 atom stereocenters. The number of aliphatic imine (C=N–C) groups is 1. The summed E-state index contributed by atoms with van der Waals surface area (Å²) in [6, 6.07) is 10.6. The van der Waals surface area contributed by atoms with Crippen molar-refractivity contribution in [3.8, 4) is 5.69 Å². The van der Waals surface area contributed by atoms with E-state index in [1.165, 1.54) is 28.9 Å². The minimum absolute atomic E-state index is 0.0522. The summed E-state index contributed by atoms with van der Waals surface area (Å²) in [4.78, 5) is 27.6. The summed E-state index contributed by atoms with van der Waals surface area (Å²) < 4.78 is 1.31. The van der Waals surface area contributed by atoms with Crippen molar-refractivity contribution in [2.75, 3.05) is 0 Å². The van der Waals surface area contributed by atoms with Crippen molar-refractivity contribution in [2.24, 2.45) is 4.99 Å². The molecule has 0 amide bonds. The third-order valence-electron chi connectivity index (χ3n) is 3.95. The molecule has 0 aliphatic heterocycles. The molecular weight excluding hydrogens is 391 g/mol. The second-order valence-corrected chi connectivity index (χ2v) is 6.66. The zero-order valence-electron chi connectivity index (χ0n) is 14.4. The zero-order chi connectivity index (χ0) is 19.7. The van der Waals surface area contributed by atoms with Crippen LogP contribution in [0.15, 0.2) is 52.3 Å². The van der Waals surface area contributed by atoms with Gasteiger partial charge in [0.05, 0.1) is 32.6 Å². The maximum absolute atomic E-state index is 12.9. The second-order valence-electron chi connectivity index (χ2n) is 5.82. The molecule has 0 radical (unpaired) electrons. The van der Waals surface area contributed by atoms with Gasteiger partial charge in [-0.15, -0.1) is 0 Å². The molecule has 0 bridgehead atoms. The third kappa shape index (κ3) is 3.79. The Kier molecular flexibility index (Phi) is 5.16. The first-order valence-corrected chi connectivity index (χ1v) is 8.60. The number of nitrogens with one attached hydrogen (secondary N) is 1. The number of nitro benzene ring substituents is 1. The molecule has 3 rings (SSSR count). The quantitative estimate of drug-likeness (QED) is 0.383. The van der Waals surface area contributed by atoms with Crippen molar-refractivity contribution in [3.05, 3.63) is 84.2 Å². The number of benzene rings is 2. The van der Waals surface area contributed by atoms with Gasteiger partial charge in [-0.2, -0.15) is 0 Å². The fourth-order valence-corrected chi connectivity index (χ4v) is 3.01. The van der Waals surface area contributed by atoms with Crippen LogP contribution in [0.4, 0.5) is 11.4 Å². The molecule has 9 heteroatoms. The lowest BCUT2D eigenvalue weighted by Gasteiger charge is -2.02. The number of hydrogen-bond donors (Lipinski definition) is 1. The van der Waals surface area contributed by atoms with Crippen LogP contribution >= 0.6 is 23.2 Å². The van der Waals surface area contributed by atoms with Crippen molar-refractivity contribution in [3.63, 3.8) is 0 Å². The summed E-state index contributed by atoms with van der Waals surface area (Å²) in [6.45, 7) is 3.45. The second kappa shape index (κ2) is 7.38. The van der Waals surface area contributed by atoms with Gasteiger partial charge in [0, 0.05) is 22.8 Å². The topological polar surface area (TPSA) is 93.3 Å². The van der Waals surface area contributed by atoms with Crippen LogP contribution in [-0.2, 0) is 0 Å². The SMILES string of the molecule is CC(=Nc1cc(Cl)ccc1Cl)c1c(C)[nH]n(-c2ccc([N+](=O)[O-])cc2)c1=O. The number of non-ortho nitro benzene ring substituents is 1. The van der Waals surface area contributed by atoms with E-state index in [0.29, 0.717) is 38.4 Å². The maximum Gasteiger partial charge on any atom is 0.280 e. The summed E-state index contributed by atoms with van der Waals surface area (Å²) in [5.74, 6) is 0. The van der Waals surface area contributed by atoms with E-state index in [4.69, 9.17) is 23.2 Å². The molecule has 0 fully saturated rings. The number of nitrogens with zero attached hydrogens (tertiary/aromatic N) is 3. The van der Waals surface area contributed by atoms with Crippen LogP contribution in [-0.4, -0.2) is 20.4 Å². The fraction of sp³-hybridized carbons (Fsp3) is 0.111. The van der Waals surface area contributed by atoms with E-state index in [1.54, 1.807) is 32.0 Å². The Labute approximate surface area is 164 Å². The van der Waals surface area contributed by atoms with E-state index >= 15 is 0 Å². The largest absolute Gasteiger partial charge is 0.295 e. The van der Waals surface area contributed by atoms with Gasteiger partial charge in [0.2, 0.25) is 0 Å². The number of H-pyrrole nitrogens is 1. The number of halogens is 2. The Morgan fingerprint density at radius 3 is 2.48 bits per heavy atom. The van der Waals surface area contributed by atoms with E-state index < -0.39 is 4.92 Å². The number of aromatic amines is 1. The maximum atomic E-state index is 12.9. The summed E-state index contributed by atoms with van der Waals surface area (Å²) in [6.07, 6.45) is 0. The van der Waals surface area contributed by atoms with Crippen molar-refractivity contribution in [1.29, 1.82) is 0 Å². The highest BCUT2D eigenvalue weighted by atomic mass is 35.5. The molecule has 2 aromatic carbocycles. The molecular formula is C18H14Cl2N4O3. The predicted octanol–water partition coefficient (Wildman–Crippen LogP) is 4.83. The van der Waals surface area contributed by atoms with Gasteiger partial charge < -0.3 is 0 Å². The Hall–Kier alpha value is -2.90. The van der Waals surface area contributed by atoms with E-state index in [-0.39, 0.29) is 11.2 Å². The van der Waals surface area contributed by atoms with Gasteiger partial charge in [-0.3, -0.25) is 25.0 Å². The summed E-state index contributed by atoms with van der Waals surface area (Å²) in [5, 5.41) is 14.7. The highest BCUT2D eigenvalue weighted by Crippen LogP contribution is 2.28. The van der Waals surface area contributed by atoms with Crippen molar-refractivity contribution >= 4 is 40.3 Å². The average Bonchev–Trinajstić information content (AvgIpc) is 2.92. The van der Waals surface area contributed by atoms with E-state index in [0.717, 1.165) is 0 Å². The molecule has 0 aliphatic rings. The van der Waals surface area contributed by atoms with Gasteiger partial charge in [0.15, 0.2) is 0 Å². The lowest BCUT2D eigenvalue weighted by molar-refractivity contribution is -0.384. The van der Waals surface area contributed by atoms with Crippen LogP contribution in [0.2, 0.25) is 10.0 Å².